The van der Waals surface area contributed by atoms with Crippen molar-refractivity contribution in [3.63, 3.8) is 0 Å². The van der Waals surface area contributed by atoms with Crippen LogP contribution in [0.1, 0.15) is 0 Å². The second-order valence-electron chi connectivity index (χ2n) is 2.16. The fraction of sp³-hybridized carbons (Fsp3) is 1.00. The van der Waals surface area contributed by atoms with E-state index in [0.29, 0.717) is 0 Å². The Morgan fingerprint density at radius 3 is 2.22 bits per heavy atom. The molecule has 1 N–H and O–H groups in total. The zero-order valence-electron chi connectivity index (χ0n) is 5.67. The molecule has 9 heavy (non-hydrogen) atoms. The van der Waals surface area contributed by atoms with Crippen molar-refractivity contribution in [2.24, 2.45) is 0 Å². The molecule has 0 amide bonds. The summed E-state index contributed by atoms with van der Waals surface area (Å²) in [5.74, 6) is 0. The van der Waals surface area contributed by atoms with Crippen molar-refractivity contribution in [1.29, 1.82) is 0 Å². The molecule has 0 unspecified atom stereocenters. The average molecular weight is 147 g/mol. The van der Waals surface area contributed by atoms with E-state index in [1.165, 1.54) is 0 Å². The molecular formula is C5H13N3S. The summed E-state index contributed by atoms with van der Waals surface area (Å²) in [6, 6.07) is 0. The summed E-state index contributed by atoms with van der Waals surface area (Å²) >= 11 is 4.22. The lowest BCUT2D eigenvalue weighted by molar-refractivity contribution is 0.149. The first-order valence-electron chi connectivity index (χ1n) is 3.19. The van der Waals surface area contributed by atoms with Crippen molar-refractivity contribution in [2.45, 2.75) is 0 Å². The normalized spacial score (nSPS) is 24.7. The average Bonchev–Trinajstić information content (AvgIpc) is 1.90. The van der Waals surface area contributed by atoms with Gasteiger partial charge in [0.05, 0.1) is 0 Å². The first kappa shape index (κ1) is 7.34. The summed E-state index contributed by atoms with van der Waals surface area (Å²) in [7, 11) is 1.95. The van der Waals surface area contributed by atoms with Crippen LogP contribution >= 0.6 is 12.8 Å². The van der Waals surface area contributed by atoms with E-state index in [1.54, 1.807) is 0 Å². The third-order valence-electron chi connectivity index (χ3n) is 1.57. The highest BCUT2D eigenvalue weighted by molar-refractivity contribution is 7.77. The van der Waals surface area contributed by atoms with E-state index in [9.17, 15) is 0 Å². The van der Waals surface area contributed by atoms with Crippen molar-refractivity contribution < 1.29 is 0 Å². The molecule has 0 bridgehead atoms. The van der Waals surface area contributed by atoms with Gasteiger partial charge in [0.1, 0.15) is 0 Å². The molecule has 1 heterocycles. The number of hydrogen-bond acceptors (Lipinski definition) is 4. The predicted molar refractivity (Wildman–Crippen MR) is 41.2 cm³/mol. The summed E-state index contributed by atoms with van der Waals surface area (Å²) in [4.78, 5) is 0. The minimum atomic E-state index is 1.05. The van der Waals surface area contributed by atoms with Crippen molar-refractivity contribution in [3.05, 3.63) is 0 Å². The van der Waals surface area contributed by atoms with E-state index < -0.39 is 0 Å². The van der Waals surface area contributed by atoms with Crippen LogP contribution in [0.5, 0.6) is 0 Å². The van der Waals surface area contributed by atoms with Crippen molar-refractivity contribution in [3.8, 4) is 0 Å². The number of thiol groups is 1. The summed E-state index contributed by atoms with van der Waals surface area (Å²) in [5, 5.41) is 2.19. The number of piperazine rings is 1. The van der Waals surface area contributed by atoms with Crippen LogP contribution in [-0.2, 0) is 0 Å². The maximum atomic E-state index is 4.22. The Labute approximate surface area is 61.5 Å². The minimum Gasteiger partial charge on any atom is -0.258 e. The highest BCUT2D eigenvalue weighted by Gasteiger charge is 2.11. The minimum absolute atomic E-state index is 1.05. The van der Waals surface area contributed by atoms with E-state index in [-0.39, 0.29) is 0 Å². The largest absolute Gasteiger partial charge is 0.258 e. The van der Waals surface area contributed by atoms with Gasteiger partial charge in [0.2, 0.25) is 0 Å². The quantitative estimate of drug-likeness (QED) is 0.491. The van der Waals surface area contributed by atoms with Gasteiger partial charge in [-0.2, -0.15) is 0 Å². The fourth-order valence-corrected chi connectivity index (χ4v) is 1.10. The lowest BCUT2D eigenvalue weighted by Gasteiger charge is -2.30. The molecule has 1 rings (SSSR count). The van der Waals surface area contributed by atoms with Gasteiger partial charge in [-0.15, -0.1) is 0 Å². The van der Waals surface area contributed by atoms with Gasteiger partial charge in [-0.25, -0.2) is 5.01 Å². The number of hydrogen-bond donors (Lipinski definition) is 2. The Morgan fingerprint density at radius 1 is 1.22 bits per heavy atom. The number of nitrogens with one attached hydrogen (secondary N) is 1. The highest BCUT2D eigenvalue weighted by Crippen LogP contribution is 1.99. The molecule has 0 aromatic carbocycles. The van der Waals surface area contributed by atoms with Crippen LogP contribution in [0.3, 0.4) is 0 Å². The molecule has 1 saturated heterocycles. The Morgan fingerprint density at radius 2 is 1.78 bits per heavy atom. The molecule has 4 heteroatoms. The van der Waals surface area contributed by atoms with E-state index in [4.69, 9.17) is 0 Å². The van der Waals surface area contributed by atoms with E-state index in [0.717, 1.165) is 26.2 Å². The van der Waals surface area contributed by atoms with Crippen LogP contribution < -0.4 is 5.43 Å². The highest BCUT2D eigenvalue weighted by atomic mass is 32.1. The SMILES string of the molecule is CNN1CCN(S)CC1. The number of hydrazine groups is 1. The van der Waals surface area contributed by atoms with Gasteiger partial charge < -0.3 is 0 Å². The van der Waals surface area contributed by atoms with Crippen LogP contribution in [0.4, 0.5) is 0 Å². The Bertz CT molecular complexity index is 80.3. The summed E-state index contributed by atoms with van der Waals surface area (Å²) in [5.41, 5.74) is 3.10. The maximum absolute atomic E-state index is 4.22. The van der Waals surface area contributed by atoms with Crippen molar-refractivity contribution in [2.75, 3.05) is 33.2 Å². The summed E-state index contributed by atoms with van der Waals surface area (Å²) < 4.78 is 2.04. The monoisotopic (exact) mass is 147 g/mol. The molecule has 0 atom stereocenters. The lowest BCUT2D eigenvalue weighted by Crippen LogP contribution is -2.47. The lowest BCUT2D eigenvalue weighted by atomic mass is 10.4. The van der Waals surface area contributed by atoms with E-state index in [1.807, 2.05) is 11.4 Å². The topological polar surface area (TPSA) is 18.5 Å². The molecule has 3 nitrogen and oxygen atoms in total. The van der Waals surface area contributed by atoms with E-state index >= 15 is 0 Å². The predicted octanol–water partition coefficient (Wildman–Crippen LogP) is -0.417. The second kappa shape index (κ2) is 3.41. The molecule has 1 aliphatic heterocycles. The molecule has 1 aliphatic rings. The van der Waals surface area contributed by atoms with E-state index in [2.05, 4.69) is 23.2 Å². The third kappa shape index (κ3) is 2.14. The molecule has 0 saturated carbocycles. The molecule has 0 aromatic heterocycles. The Balaban J connectivity index is 2.18. The zero-order valence-corrected chi connectivity index (χ0v) is 6.56. The van der Waals surface area contributed by atoms with Crippen LogP contribution in [0.2, 0.25) is 0 Å². The molecular weight excluding hydrogens is 134 g/mol. The smallest absolute Gasteiger partial charge is 0.0268 e. The molecule has 0 aliphatic carbocycles. The van der Waals surface area contributed by atoms with Gasteiger partial charge >= 0.3 is 0 Å². The third-order valence-corrected chi connectivity index (χ3v) is 1.97. The maximum Gasteiger partial charge on any atom is 0.0268 e. The van der Waals surface area contributed by atoms with Crippen LogP contribution in [0, 0.1) is 0 Å². The van der Waals surface area contributed by atoms with Crippen LogP contribution in [0.25, 0.3) is 0 Å². The molecule has 0 spiro atoms. The van der Waals surface area contributed by atoms with Crippen molar-refractivity contribution >= 4 is 12.8 Å². The summed E-state index contributed by atoms with van der Waals surface area (Å²) in [6.07, 6.45) is 0. The van der Waals surface area contributed by atoms with Gasteiger partial charge in [-0.1, -0.05) is 12.8 Å². The number of rotatable bonds is 1. The standard InChI is InChI=1S/C5H13N3S/c1-6-7-2-4-8(9)5-3-7/h6,9H,2-5H2,1H3. The molecule has 54 valence electrons. The first-order chi connectivity index (χ1) is 4.33. The van der Waals surface area contributed by atoms with Gasteiger partial charge in [0.15, 0.2) is 0 Å². The first-order valence-corrected chi connectivity index (χ1v) is 3.59. The second-order valence-corrected chi connectivity index (χ2v) is 2.73. The molecule has 0 radical (unpaired) electrons. The Hall–Kier alpha value is 0.230. The van der Waals surface area contributed by atoms with Crippen LogP contribution in [0.15, 0.2) is 0 Å². The van der Waals surface area contributed by atoms with Crippen molar-refractivity contribution in [1.82, 2.24) is 14.7 Å². The van der Waals surface area contributed by atoms with Gasteiger partial charge in [0, 0.05) is 26.2 Å². The van der Waals surface area contributed by atoms with Gasteiger partial charge in [0.25, 0.3) is 0 Å². The Kier molecular flexibility index (Phi) is 2.78. The zero-order chi connectivity index (χ0) is 6.69. The molecule has 0 aromatic rings. The van der Waals surface area contributed by atoms with Crippen LogP contribution in [-0.4, -0.2) is 42.5 Å². The van der Waals surface area contributed by atoms with Gasteiger partial charge in [-0.05, 0) is 7.05 Å². The molecule has 1 fully saturated rings. The fourth-order valence-electron chi connectivity index (χ4n) is 0.919. The summed E-state index contributed by atoms with van der Waals surface area (Å²) in [6.45, 7) is 4.23. The number of nitrogens with zero attached hydrogens (tertiary/aromatic N) is 2. The van der Waals surface area contributed by atoms with Gasteiger partial charge in [-0.3, -0.25) is 9.73 Å².